The maximum Gasteiger partial charge on any atom is 0.421 e. The minimum atomic E-state index is -3.89. The molecule has 25 heavy (non-hydrogen) atoms. The van der Waals surface area contributed by atoms with Gasteiger partial charge in [-0.15, -0.1) is 0 Å². The fourth-order valence-electron chi connectivity index (χ4n) is 3.87. The highest BCUT2D eigenvalue weighted by molar-refractivity contribution is 7.90. The Labute approximate surface area is 149 Å². The molecule has 2 fully saturated rings. The van der Waals surface area contributed by atoms with Gasteiger partial charge in [-0.05, 0) is 57.8 Å². The first kappa shape index (κ1) is 18.2. The molecule has 0 bridgehead atoms. The highest BCUT2D eigenvalue weighted by Gasteiger charge is 2.33. The van der Waals surface area contributed by atoms with Crippen molar-refractivity contribution in [1.29, 1.82) is 0 Å². The lowest BCUT2D eigenvalue weighted by Gasteiger charge is -2.44. The Bertz CT molecular complexity index is 700. The van der Waals surface area contributed by atoms with E-state index in [9.17, 15) is 13.2 Å². The summed E-state index contributed by atoms with van der Waals surface area (Å²) in [6.45, 7) is 4.39. The Kier molecular flexibility index (Phi) is 5.64. The Morgan fingerprint density at radius 3 is 2.64 bits per heavy atom. The average Bonchev–Trinajstić information content (AvgIpc) is 2.60. The number of hydrogen-bond donors (Lipinski definition) is 1. The zero-order chi connectivity index (χ0) is 17.9. The van der Waals surface area contributed by atoms with Gasteiger partial charge in [0.15, 0.2) is 0 Å². The van der Waals surface area contributed by atoms with Crippen molar-refractivity contribution in [2.75, 3.05) is 19.7 Å². The number of nitrogens with zero attached hydrogens (tertiary/aromatic N) is 1. The number of carbonyl (C=O) groups is 1. The Morgan fingerprint density at radius 1 is 1.16 bits per heavy atom. The molecule has 2 aliphatic heterocycles. The van der Waals surface area contributed by atoms with Gasteiger partial charge in [0.05, 0.1) is 11.5 Å². The lowest BCUT2D eigenvalue weighted by atomic mass is 9.84. The second kappa shape index (κ2) is 7.74. The van der Waals surface area contributed by atoms with E-state index in [1.54, 1.807) is 12.1 Å². The molecule has 0 aliphatic carbocycles. The molecule has 2 unspecified atom stereocenters. The SMILES string of the molecule is Cc1ccc(S(=O)(=O)NC(=O)OCC2CCCN3CCCCC23)cc1. The number of carbonyl (C=O) groups excluding carboxylic acids is 1. The second-order valence-corrected chi connectivity index (χ2v) is 8.70. The quantitative estimate of drug-likeness (QED) is 0.887. The van der Waals surface area contributed by atoms with Gasteiger partial charge in [-0.1, -0.05) is 24.1 Å². The predicted molar refractivity (Wildman–Crippen MR) is 94.8 cm³/mol. The van der Waals surface area contributed by atoms with Gasteiger partial charge in [-0.25, -0.2) is 17.9 Å². The molecule has 0 saturated carbocycles. The van der Waals surface area contributed by atoms with E-state index in [4.69, 9.17) is 4.74 Å². The van der Waals surface area contributed by atoms with Crippen LogP contribution in [0, 0.1) is 12.8 Å². The number of hydrogen-bond acceptors (Lipinski definition) is 5. The molecule has 0 radical (unpaired) electrons. The van der Waals surface area contributed by atoms with Gasteiger partial charge in [0.25, 0.3) is 10.0 Å². The molecule has 1 aromatic carbocycles. The Morgan fingerprint density at radius 2 is 1.88 bits per heavy atom. The van der Waals surface area contributed by atoms with Gasteiger partial charge in [0.1, 0.15) is 0 Å². The van der Waals surface area contributed by atoms with E-state index in [1.807, 2.05) is 11.6 Å². The number of rotatable bonds is 4. The number of ether oxygens (including phenoxy) is 1. The molecule has 138 valence electrons. The topological polar surface area (TPSA) is 75.7 Å². The number of nitrogens with one attached hydrogen (secondary N) is 1. The van der Waals surface area contributed by atoms with Crippen LogP contribution in [0.4, 0.5) is 4.79 Å². The Balaban J connectivity index is 1.54. The summed E-state index contributed by atoms with van der Waals surface area (Å²) >= 11 is 0. The molecule has 7 heteroatoms. The van der Waals surface area contributed by atoms with Crippen LogP contribution in [0.1, 0.15) is 37.7 Å². The highest BCUT2D eigenvalue weighted by Crippen LogP contribution is 2.31. The normalized spacial score (nSPS) is 24.4. The van der Waals surface area contributed by atoms with Crippen molar-refractivity contribution in [1.82, 2.24) is 9.62 Å². The van der Waals surface area contributed by atoms with Gasteiger partial charge >= 0.3 is 6.09 Å². The first-order chi connectivity index (χ1) is 12.0. The number of amides is 1. The maximum atomic E-state index is 12.2. The standard InChI is InChI=1S/C18H26N2O4S/c1-14-7-9-16(10-8-14)25(22,23)19-18(21)24-13-15-5-4-12-20-11-3-2-6-17(15)20/h7-10,15,17H,2-6,11-13H2,1H3,(H,19,21). The molecule has 2 atom stereocenters. The van der Waals surface area contributed by atoms with E-state index in [0.29, 0.717) is 12.0 Å². The molecule has 1 N–H and O–H groups in total. The molecule has 0 spiro atoms. The number of piperidine rings is 2. The van der Waals surface area contributed by atoms with E-state index in [-0.39, 0.29) is 11.5 Å². The lowest BCUT2D eigenvalue weighted by molar-refractivity contribution is 0.0245. The molecular weight excluding hydrogens is 340 g/mol. The van der Waals surface area contributed by atoms with Gasteiger partial charge in [0.2, 0.25) is 0 Å². The van der Waals surface area contributed by atoms with Gasteiger partial charge in [-0.2, -0.15) is 0 Å². The van der Waals surface area contributed by atoms with Crippen LogP contribution in [-0.4, -0.2) is 45.1 Å². The zero-order valence-electron chi connectivity index (χ0n) is 14.6. The van der Waals surface area contributed by atoms with E-state index >= 15 is 0 Å². The average molecular weight is 366 g/mol. The molecule has 1 amide bonds. The van der Waals surface area contributed by atoms with Crippen molar-refractivity contribution >= 4 is 16.1 Å². The largest absolute Gasteiger partial charge is 0.448 e. The first-order valence-electron chi connectivity index (χ1n) is 8.96. The molecular formula is C18H26N2O4S. The Hall–Kier alpha value is -1.60. The third-order valence-corrected chi connectivity index (χ3v) is 6.53. The number of fused-ring (bicyclic) bond motifs is 1. The third kappa shape index (κ3) is 4.52. The van der Waals surface area contributed by atoms with Crippen LogP contribution in [0.2, 0.25) is 0 Å². The minimum Gasteiger partial charge on any atom is -0.448 e. The second-order valence-electron chi connectivity index (χ2n) is 7.02. The predicted octanol–water partition coefficient (Wildman–Crippen LogP) is 2.67. The zero-order valence-corrected chi connectivity index (χ0v) is 15.4. The van der Waals surface area contributed by atoms with Crippen molar-refractivity contribution in [3.8, 4) is 0 Å². The van der Waals surface area contributed by atoms with Crippen molar-refractivity contribution in [2.24, 2.45) is 5.92 Å². The van der Waals surface area contributed by atoms with Gasteiger partial charge in [0, 0.05) is 12.0 Å². The molecule has 2 saturated heterocycles. The maximum absolute atomic E-state index is 12.2. The van der Waals surface area contributed by atoms with E-state index in [2.05, 4.69) is 4.90 Å². The van der Waals surface area contributed by atoms with Crippen molar-refractivity contribution in [3.63, 3.8) is 0 Å². The summed E-state index contributed by atoms with van der Waals surface area (Å²) in [4.78, 5) is 14.5. The summed E-state index contributed by atoms with van der Waals surface area (Å²) in [5.74, 6) is 0.293. The number of benzene rings is 1. The minimum absolute atomic E-state index is 0.0613. The van der Waals surface area contributed by atoms with E-state index in [0.717, 1.165) is 37.9 Å². The van der Waals surface area contributed by atoms with Crippen molar-refractivity contribution < 1.29 is 17.9 Å². The fraction of sp³-hybridized carbons (Fsp3) is 0.611. The fourth-order valence-corrected chi connectivity index (χ4v) is 4.76. The summed E-state index contributed by atoms with van der Waals surface area (Å²) in [6.07, 6.45) is 4.82. The van der Waals surface area contributed by atoms with Crippen LogP contribution in [0.25, 0.3) is 0 Å². The first-order valence-corrected chi connectivity index (χ1v) is 10.4. The summed E-state index contributed by atoms with van der Waals surface area (Å²) in [5.41, 5.74) is 0.955. The van der Waals surface area contributed by atoms with Crippen molar-refractivity contribution in [3.05, 3.63) is 29.8 Å². The van der Waals surface area contributed by atoms with E-state index in [1.165, 1.54) is 25.0 Å². The smallest absolute Gasteiger partial charge is 0.421 e. The van der Waals surface area contributed by atoms with Crippen LogP contribution in [0.5, 0.6) is 0 Å². The molecule has 2 heterocycles. The molecule has 0 aromatic heterocycles. The molecule has 6 nitrogen and oxygen atoms in total. The van der Waals surface area contributed by atoms with Crippen molar-refractivity contribution in [2.45, 2.75) is 50.0 Å². The van der Waals surface area contributed by atoms with Gasteiger partial charge < -0.3 is 4.74 Å². The van der Waals surface area contributed by atoms with Crippen LogP contribution in [-0.2, 0) is 14.8 Å². The third-order valence-electron chi connectivity index (χ3n) is 5.21. The molecule has 1 aromatic rings. The van der Waals surface area contributed by atoms with Crippen LogP contribution in [0.3, 0.4) is 0 Å². The van der Waals surface area contributed by atoms with Crippen LogP contribution < -0.4 is 4.72 Å². The monoisotopic (exact) mass is 366 g/mol. The van der Waals surface area contributed by atoms with Crippen LogP contribution in [0.15, 0.2) is 29.2 Å². The summed E-state index contributed by atoms with van der Waals surface area (Å²) in [6, 6.07) is 6.81. The molecule has 3 rings (SSSR count). The number of aryl methyl sites for hydroxylation is 1. The van der Waals surface area contributed by atoms with E-state index < -0.39 is 16.1 Å². The lowest BCUT2D eigenvalue weighted by Crippen LogP contribution is -2.49. The van der Waals surface area contributed by atoms with Gasteiger partial charge in [-0.3, -0.25) is 4.90 Å². The summed E-state index contributed by atoms with van der Waals surface area (Å²) in [5, 5.41) is 0. The highest BCUT2D eigenvalue weighted by atomic mass is 32.2. The summed E-state index contributed by atoms with van der Waals surface area (Å²) in [7, 11) is -3.89. The van der Waals surface area contributed by atoms with Crippen LogP contribution >= 0.6 is 0 Å². The molecule has 2 aliphatic rings. The summed E-state index contributed by atoms with van der Waals surface area (Å²) < 4.78 is 31.7. The number of sulfonamides is 1.